The maximum Gasteiger partial charge on any atom is 0.0110 e. The van der Waals surface area contributed by atoms with Crippen molar-refractivity contribution >= 4 is 0 Å². The predicted molar refractivity (Wildman–Crippen MR) is 130 cm³/mol. The first-order valence-electron chi connectivity index (χ1n) is 11.7. The summed E-state index contributed by atoms with van der Waals surface area (Å²) in [4.78, 5) is 7.37. The summed E-state index contributed by atoms with van der Waals surface area (Å²) >= 11 is 0. The predicted octanol–water partition coefficient (Wildman–Crippen LogP) is -3.61. The van der Waals surface area contributed by atoms with Gasteiger partial charge in [0.1, 0.15) is 0 Å². The number of hydrogen-bond donors (Lipinski definition) is 7. The topological polar surface area (TPSA) is 136 Å². The molecule has 30 heavy (non-hydrogen) atoms. The molecule has 0 saturated heterocycles. The molecule has 0 saturated carbocycles. The van der Waals surface area contributed by atoms with E-state index in [0.717, 1.165) is 98.2 Å². The molecule has 0 aromatic heterocycles. The first-order valence-corrected chi connectivity index (χ1v) is 11.7. The van der Waals surface area contributed by atoms with Crippen LogP contribution in [0.5, 0.6) is 0 Å². The Hall–Kier alpha value is -0.400. The summed E-state index contributed by atoms with van der Waals surface area (Å²) in [7, 11) is 3.98. The Labute approximate surface area is 185 Å². The van der Waals surface area contributed by atoms with Gasteiger partial charge in [0.05, 0.1) is 0 Å². The van der Waals surface area contributed by atoms with E-state index in [1.54, 1.807) is 0 Å². The van der Waals surface area contributed by atoms with E-state index in [1.165, 1.54) is 0 Å². The van der Waals surface area contributed by atoms with Crippen LogP contribution in [0.4, 0.5) is 0 Å². The van der Waals surface area contributed by atoms with Crippen LogP contribution in [0.3, 0.4) is 0 Å². The minimum absolute atomic E-state index is 0.683. The molecule has 0 aromatic carbocycles. The Balaban J connectivity index is 4.28. The second-order valence-electron chi connectivity index (χ2n) is 7.60. The molecule has 0 unspecified atom stereocenters. The summed E-state index contributed by atoms with van der Waals surface area (Å²) in [5.41, 5.74) is 17.1. The van der Waals surface area contributed by atoms with Crippen LogP contribution in [-0.4, -0.2) is 147 Å². The van der Waals surface area contributed by atoms with Gasteiger partial charge in [0.25, 0.3) is 0 Å². The molecule has 0 atom stereocenters. The first-order chi connectivity index (χ1) is 14.7. The van der Waals surface area contributed by atoms with E-state index in [9.17, 15) is 0 Å². The Morgan fingerprint density at radius 1 is 0.433 bits per heavy atom. The molecule has 10 heteroatoms. The Kier molecular flexibility index (Phi) is 23.0. The molecule has 0 fully saturated rings. The summed E-state index contributed by atoms with van der Waals surface area (Å²) in [6.45, 7) is 17.1. The van der Waals surface area contributed by atoms with Crippen molar-refractivity contribution in [1.82, 2.24) is 36.0 Å². The zero-order valence-corrected chi connectivity index (χ0v) is 19.8. The van der Waals surface area contributed by atoms with Crippen LogP contribution >= 0.6 is 0 Å². The van der Waals surface area contributed by atoms with Crippen LogP contribution in [0, 0.1) is 0 Å². The van der Waals surface area contributed by atoms with E-state index in [-0.39, 0.29) is 0 Å². The van der Waals surface area contributed by atoms with Gasteiger partial charge in [-0.3, -0.25) is 14.7 Å². The van der Waals surface area contributed by atoms with Gasteiger partial charge in [-0.15, -0.1) is 0 Å². The number of rotatable bonds is 24. The van der Waals surface area contributed by atoms with Gasteiger partial charge < -0.3 is 38.5 Å². The molecule has 182 valence electrons. The largest absolute Gasteiger partial charge is 0.329 e. The van der Waals surface area contributed by atoms with Crippen molar-refractivity contribution in [2.75, 3.05) is 132 Å². The highest BCUT2D eigenvalue weighted by Gasteiger charge is 2.09. The monoisotopic (exact) mass is 432 g/mol. The lowest BCUT2D eigenvalue weighted by atomic mass is 10.3. The molecule has 0 spiro atoms. The van der Waals surface area contributed by atoms with Crippen LogP contribution in [-0.2, 0) is 0 Å². The summed E-state index contributed by atoms with van der Waals surface area (Å²) in [5, 5.41) is 13.4. The lowest BCUT2D eigenvalue weighted by Crippen LogP contribution is -2.45. The van der Waals surface area contributed by atoms with Crippen LogP contribution < -0.4 is 38.5 Å². The van der Waals surface area contributed by atoms with Crippen LogP contribution in [0.1, 0.15) is 0 Å². The minimum atomic E-state index is 0.683. The number of nitrogens with two attached hydrogens (primary N) is 3. The van der Waals surface area contributed by atoms with Gasteiger partial charge in [0, 0.05) is 118 Å². The number of nitrogens with one attached hydrogen (secondary N) is 4. The van der Waals surface area contributed by atoms with E-state index in [2.05, 4.69) is 36.0 Å². The fourth-order valence-corrected chi connectivity index (χ4v) is 3.26. The molecule has 0 aliphatic rings. The standard InChI is InChI=1S/C20H52N10/c1-24-7-14-28(12-4-22)16-10-27-11-18-30(17-9-26-6-3-21)20-19-29(13-5-23)15-8-25-2/h24-27H,3-23H2,1-2H3. The summed E-state index contributed by atoms with van der Waals surface area (Å²) in [6, 6.07) is 0. The molecule has 10 nitrogen and oxygen atoms in total. The maximum atomic E-state index is 5.79. The van der Waals surface area contributed by atoms with Gasteiger partial charge in [0.15, 0.2) is 0 Å². The van der Waals surface area contributed by atoms with Crippen LogP contribution in [0.25, 0.3) is 0 Å². The molecule has 0 radical (unpaired) electrons. The third-order valence-electron chi connectivity index (χ3n) is 5.11. The first kappa shape index (κ1) is 29.6. The minimum Gasteiger partial charge on any atom is -0.329 e. The quantitative estimate of drug-likeness (QED) is 0.0766. The van der Waals surface area contributed by atoms with E-state index < -0.39 is 0 Å². The molecule has 0 heterocycles. The third kappa shape index (κ3) is 18.4. The second-order valence-corrected chi connectivity index (χ2v) is 7.60. The molecule has 0 bridgehead atoms. The average Bonchev–Trinajstić information content (AvgIpc) is 2.75. The normalized spacial score (nSPS) is 12.0. The highest BCUT2D eigenvalue weighted by atomic mass is 15.2. The second kappa shape index (κ2) is 23.3. The van der Waals surface area contributed by atoms with Gasteiger partial charge in [-0.05, 0) is 14.1 Å². The molecular weight excluding hydrogens is 380 g/mol. The van der Waals surface area contributed by atoms with Gasteiger partial charge in [-0.1, -0.05) is 0 Å². The van der Waals surface area contributed by atoms with E-state index in [0.29, 0.717) is 19.6 Å². The van der Waals surface area contributed by atoms with Crippen molar-refractivity contribution in [1.29, 1.82) is 0 Å². The SMILES string of the molecule is CNCCN(CCN)CCNCCN(CCNCCN)CCN(CCN)CCNC. The molecule has 0 amide bonds. The van der Waals surface area contributed by atoms with Crippen molar-refractivity contribution in [2.45, 2.75) is 0 Å². The molecule has 10 N–H and O–H groups in total. The zero-order valence-electron chi connectivity index (χ0n) is 19.8. The summed E-state index contributed by atoms with van der Waals surface area (Å²) in [5.74, 6) is 0. The highest BCUT2D eigenvalue weighted by Crippen LogP contribution is 1.93. The Morgan fingerprint density at radius 2 is 0.800 bits per heavy atom. The lowest BCUT2D eigenvalue weighted by molar-refractivity contribution is 0.206. The van der Waals surface area contributed by atoms with Crippen molar-refractivity contribution in [3.8, 4) is 0 Å². The Bertz CT molecular complexity index is 335. The van der Waals surface area contributed by atoms with Crippen LogP contribution in [0.2, 0.25) is 0 Å². The van der Waals surface area contributed by atoms with Crippen LogP contribution in [0.15, 0.2) is 0 Å². The van der Waals surface area contributed by atoms with Crippen molar-refractivity contribution in [3.05, 3.63) is 0 Å². The summed E-state index contributed by atoms with van der Waals surface area (Å²) in [6.07, 6.45) is 0. The van der Waals surface area contributed by atoms with Gasteiger partial charge in [0.2, 0.25) is 0 Å². The lowest BCUT2D eigenvalue weighted by Gasteiger charge is -2.28. The maximum absolute atomic E-state index is 5.79. The van der Waals surface area contributed by atoms with Gasteiger partial charge in [-0.2, -0.15) is 0 Å². The Morgan fingerprint density at radius 3 is 1.20 bits per heavy atom. The molecule has 0 aliphatic carbocycles. The molecule has 0 aromatic rings. The van der Waals surface area contributed by atoms with E-state index in [4.69, 9.17) is 17.2 Å². The van der Waals surface area contributed by atoms with E-state index in [1.807, 2.05) is 14.1 Å². The fourth-order valence-electron chi connectivity index (χ4n) is 3.26. The van der Waals surface area contributed by atoms with Crippen molar-refractivity contribution < 1.29 is 0 Å². The number of hydrogen-bond acceptors (Lipinski definition) is 10. The van der Waals surface area contributed by atoms with E-state index >= 15 is 0 Å². The average molecular weight is 433 g/mol. The third-order valence-corrected chi connectivity index (χ3v) is 5.11. The molecular formula is C20H52N10. The molecule has 0 rings (SSSR count). The highest BCUT2D eigenvalue weighted by molar-refractivity contribution is 4.68. The number of nitrogens with zero attached hydrogens (tertiary/aromatic N) is 3. The summed E-state index contributed by atoms with van der Waals surface area (Å²) < 4.78 is 0. The smallest absolute Gasteiger partial charge is 0.0110 e. The zero-order chi connectivity index (χ0) is 22.3. The van der Waals surface area contributed by atoms with Crippen molar-refractivity contribution in [3.63, 3.8) is 0 Å². The van der Waals surface area contributed by atoms with Gasteiger partial charge in [-0.25, -0.2) is 0 Å². The van der Waals surface area contributed by atoms with Crippen molar-refractivity contribution in [2.24, 2.45) is 17.2 Å². The number of likely N-dealkylation sites (N-methyl/N-ethyl adjacent to an activating group) is 2. The fraction of sp³-hybridized carbons (Fsp3) is 1.00. The van der Waals surface area contributed by atoms with Gasteiger partial charge >= 0.3 is 0 Å². The molecule has 0 aliphatic heterocycles.